The lowest BCUT2D eigenvalue weighted by Gasteiger charge is -2.30. The molecule has 0 bridgehead atoms. The molecule has 17 heavy (non-hydrogen) atoms. The van der Waals surface area contributed by atoms with E-state index in [-0.39, 0.29) is 17.7 Å². The molecule has 1 aliphatic rings. The molecule has 1 saturated carbocycles. The van der Waals surface area contributed by atoms with Gasteiger partial charge in [-0.3, -0.25) is 4.79 Å². The molecule has 0 aliphatic heterocycles. The van der Waals surface area contributed by atoms with Gasteiger partial charge in [0.25, 0.3) is 0 Å². The molecule has 100 valence electrons. The van der Waals surface area contributed by atoms with E-state index in [4.69, 9.17) is 0 Å². The van der Waals surface area contributed by atoms with Crippen molar-refractivity contribution in [3.8, 4) is 0 Å². The van der Waals surface area contributed by atoms with Crippen molar-refractivity contribution in [1.29, 1.82) is 0 Å². The molecule has 0 spiro atoms. The summed E-state index contributed by atoms with van der Waals surface area (Å²) in [6, 6.07) is -0.0290. The standard InChI is InChI=1S/C11H19NO3.C2H6/c1-3-10(13)8-6-4-5-7-9(8)12-11(14)15-2;1-2/h8-9H,3-7H2,1-2H3,(H,12,14);1-2H3. The number of Topliss-reactive ketones (excluding diaryl/α,β-unsaturated/α-hetero) is 1. The maximum Gasteiger partial charge on any atom is 0.407 e. The molecule has 4 nitrogen and oxygen atoms in total. The van der Waals surface area contributed by atoms with Crippen molar-refractivity contribution < 1.29 is 14.3 Å². The third-order valence-corrected chi connectivity index (χ3v) is 3.02. The lowest BCUT2D eigenvalue weighted by atomic mass is 9.81. The Hall–Kier alpha value is -1.06. The molecule has 0 aromatic rings. The van der Waals surface area contributed by atoms with E-state index >= 15 is 0 Å². The average Bonchev–Trinajstić information content (AvgIpc) is 2.40. The monoisotopic (exact) mass is 243 g/mol. The van der Waals surface area contributed by atoms with Gasteiger partial charge < -0.3 is 10.1 Å². The van der Waals surface area contributed by atoms with E-state index in [0.717, 1.165) is 25.7 Å². The molecule has 1 N–H and O–H groups in total. The van der Waals surface area contributed by atoms with Crippen molar-refractivity contribution in [1.82, 2.24) is 5.32 Å². The Morgan fingerprint density at radius 2 is 1.82 bits per heavy atom. The number of methoxy groups -OCH3 is 1. The SMILES string of the molecule is CC.CCC(=O)C1CCCCC1NC(=O)OC. The van der Waals surface area contributed by atoms with Gasteiger partial charge >= 0.3 is 6.09 Å². The highest BCUT2D eigenvalue weighted by Crippen LogP contribution is 2.26. The predicted molar refractivity (Wildman–Crippen MR) is 67.9 cm³/mol. The summed E-state index contributed by atoms with van der Waals surface area (Å²) in [5.41, 5.74) is 0. The van der Waals surface area contributed by atoms with E-state index in [9.17, 15) is 9.59 Å². The zero-order valence-corrected chi connectivity index (χ0v) is 11.4. The van der Waals surface area contributed by atoms with Gasteiger partial charge in [-0.25, -0.2) is 4.79 Å². The number of ether oxygens (including phenoxy) is 1. The highest BCUT2D eigenvalue weighted by atomic mass is 16.5. The normalized spacial score (nSPS) is 23.1. The first-order chi connectivity index (χ1) is 8.19. The summed E-state index contributed by atoms with van der Waals surface area (Å²) in [6.07, 6.45) is 4.03. The Bertz CT molecular complexity index is 241. The van der Waals surface area contributed by atoms with E-state index in [0.29, 0.717) is 6.42 Å². The van der Waals surface area contributed by atoms with Gasteiger partial charge in [-0.05, 0) is 12.8 Å². The van der Waals surface area contributed by atoms with Crippen LogP contribution in [0.1, 0.15) is 52.9 Å². The van der Waals surface area contributed by atoms with Crippen LogP contribution in [-0.4, -0.2) is 25.0 Å². The molecule has 0 saturated heterocycles. The number of nitrogens with one attached hydrogen (secondary N) is 1. The average molecular weight is 243 g/mol. The zero-order chi connectivity index (χ0) is 13.3. The van der Waals surface area contributed by atoms with Crippen LogP contribution >= 0.6 is 0 Å². The largest absolute Gasteiger partial charge is 0.453 e. The second-order valence-corrected chi connectivity index (χ2v) is 3.95. The highest BCUT2D eigenvalue weighted by Gasteiger charge is 2.30. The van der Waals surface area contributed by atoms with Crippen LogP contribution in [0.4, 0.5) is 4.79 Å². The maximum atomic E-state index is 11.7. The van der Waals surface area contributed by atoms with Crippen LogP contribution in [0.5, 0.6) is 0 Å². The van der Waals surface area contributed by atoms with Crippen LogP contribution < -0.4 is 5.32 Å². The summed E-state index contributed by atoms with van der Waals surface area (Å²) in [5, 5.41) is 2.75. The lowest BCUT2D eigenvalue weighted by Crippen LogP contribution is -2.44. The van der Waals surface area contributed by atoms with Crippen LogP contribution in [0, 0.1) is 5.92 Å². The molecule has 1 fully saturated rings. The van der Waals surface area contributed by atoms with Crippen molar-refractivity contribution in [2.75, 3.05) is 7.11 Å². The molecular weight excluding hydrogens is 218 g/mol. The fraction of sp³-hybridized carbons (Fsp3) is 0.846. The van der Waals surface area contributed by atoms with E-state index in [1.807, 2.05) is 20.8 Å². The summed E-state index contributed by atoms with van der Waals surface area (Å²) < 4.78 is 4.55. The number of amides is 1. The van der Waals surface area contributed by atoms with Gasteiger partial charge in [0.1, 0.15) is 5.78 Å². The van der Waals surface area contributed by atoms with Crippen LogP contribution in [0.2, 0.25) is 0 Å². The van der Waals surface area contributed by atoms with E-state index in [1.54, 1.807) is 0 Å². The molecule has 4 heteroatoms. The van der Waals surface area contributed by atoms with Crippen LogP contribution in [-0.2, 0) is 9.53 Å². The number of ketones is 1. The molecule has 0 aromatic heterocycles. The van der Waals surface area contributed by atoms with Gasteiger partial charge in [0.15, 0.2) is 0 Å². The molecule has 1 aliphatic carbocycles. The number of carbonyl (C=O) groups excluding carboxylic acids is 2. The first-order valence-electron chi connectivity index (χ1n) is 6.56. The maximum absolute atomic E-state index is 11.7. The van der Waals surface area contributed by atoms with Crippen LogP contribution in [0.15, 0.2) is 0 Å². The minimum absolute atomic E-state index is 0.0112. The van der Waals surface area contributed by atoms with Gasteiger partial charge in [-0.15, -0.1) is 0 Å². The number of alkyl carbamates (subject to hydrolysis) is 1. The smallest absolute Gasteiger partial charge is 0.407 e. The minimum atomic E-state index is -0.434. The number of carbonyl (C=O) groups is 2. The summed E-state index contributed by atoms with van der Waals surface area (Å²) in [7, 11) is 1.34. The van der Waals surface area contributed by atoms with Gasteiger partial charge in [0.2, 0.25) is 0 Å². The Labute approximate surface area is 104 Å². The van der Waals surface area contributed by atoms with Crippen LogP contribution in [0.25, 0.3) is 0 Å². The highest BCUT2D eigenvalue weighted by molar-refractivity contribution is 5.82. The molecule has 1 rings (SSSR count). The first kappa shape index (κ1) is 15.9. The molecule has 2 atom stereocenters. The van der Waals surface area contributed by atoms with Gasteiger partial charge in [-0.2, -0.15) is 0 Å². The van der Waals surface area contributed by atoms with Crippen molar-refractivity contribution in [2.24, 2.45) is 5.92 Å². The third kappa shape index (κ3) is 5.20. The third-order valence-electron chi connectivity index (χ3n) is 3.02. The first-order valence-corrected chi connectivity index (χ1v) is 6.56. The van der Waals surface area contributed by atoms with E-state index < -0.39 is 6.09 Å². The summed E-state index contributed by atoms with van der Waals surface area (Å²) >= 11 is 0. The summed E-state index contributed by atoms with van der Waals surface area (Å²) in [5.74, 6) is 0.235. The van der Waals surface area contributed by atoms with Crippen LogP contribution in [0.3, 0.4) is 0 Å². The van der Waals surface area contributed by atoms with Crippen molar-refractivity contribution in [3.05, 3.63) is 0 Å². The number of hydrogen-bond donors (Lipinski definition) is 1. The minimum Gasteiger partial charge on any atom is -0.453 e. The molecular formula is C13H25NO3. The second-order valence-electron chi connectivity index (χ2n) is 3.95. The number of hydrogen-bond acceptors (Lipinski definition) is 3. The van der Waals surface area contributed by atoms with Gasteiger partial charge in [-0.1, -0.05) is 33.6 Å². The number of rotatable bonds is 3. The van der Waals surface area contributed by atoms with Gasteiger partial charge in [0, 0.05) is 18.4 Å². The van der Waals surface area contributed by atoms with Crippen molar-refractivity contribution in [3.63, 3.8) is 0 Å². The molecule has 2 unspecified atom stereocenters. The molecule has 0 radical (unpaired) electrons. The Kier molecular flexibility index (Phi) is 8.46. The zero-order valence-electron chi connectivity index (χ0n) is 11.4. The Morgan fingerprint density at radius 1 is 1.24 bits per heavy atom. The Balaban J connectivity index is 0.00000121. The molecule has 0 heterocycles. The van der Waals surface area contributed by atoms with E-state index in [1.165, 1.54) is 7.11 Å². The van der Waals surface area contributed by atoms with Crippen molar-refractivity contribution in [2.45, 2.75) is 58.9 Å². The molecule has 0 aromatic carbocycles. The molecule has 1 amide bonds. The fourth-order valence-electron chi connectivity index (χ4n) is 2.16. The quantitative estimate of drug-likeness (QED) is 0.829. The topological polar surface area (TPSA) is 55.4 Å². The van der Waals surface area contributed by atoms with E-state index in [2.05, 4.69) is 10.1 Å². The Morgan fingerprint density at radius 3 is 2.35 bits per heavy atom. The lowest BCUT2D eigenvalue weighted by molar-refractivity contribution is -0.124. The summed E-state index contributed by atoms with van der Waals surface area (Å²) in [6.45, 7) is 5.87. The second kappa shape index (κ2) is 9.02. The van der Waals surface area contributed by atoms with Crippen molar-refractivity contribution >= 4 is 11.9 Å². The predicted octanol–water partition coefficient (Wildman–Crippen LogP) is 2.91. The fourth-order valence-corrected chi connectivity index (χ4v) is 2.16. The van der Waals surface area contributed by atoms with Gasteiger partial charge in [0.05, 0.1) is 7.11 Å². The summed E-state index contributed by atoms with van der Waals surface area (Å²) in [4.78, 5) is 22.7.